The van der Waals surface area contributed by atoms with Gasteiger partial charge in [-0.05, 0) is 47.0 Å². The smallest absolute Gasteiger partial charge is 0.410 e. The molecule has 0 N–H and O–H groups in total. The van der Waals surface area contributed by atoms with Crippen molar-refractivity contribution < 1.29 is 17.9 Å². The van der Waals surface area contributed by atoms with Crippen LogP contribution in [0.1, 0.15) is 47.0 Å². The highest BCUT2D eigenvalue weighted by Crippen LogP contribution is 2.31. The molecule has 0 aromatic carbocycles. The number of halogens is 1. The van der Waals surface area contributed by atoms with E-state index in [0.717, 1.165) is 12.8 Å². The molecule has 7 heteroatoms. The summed E-state index contributed by atoms with van der Waals surface area (Å²) in [6, 6.07) is 0. The standard InChI is InChI=1S/C12H22ClNO4S/c1-11(2,3)18-10(15)14-8-6-5-7-12(14,4)9-19(13,16)17/h5-9H2,1-4H3. The van der Waals surface area contributed by atoms with Gasteiger partial charge in [-0.15, -0.1) is 0 Å². The average molecular weight is 312 g/mol. The lowest BCUT2D eigenvalue weighted by Gasteiger charge is -2.44. The number of amides is 1. The summed E-state index contributed by atoms with van der Waals surface area (Å²) < 4.78 is 28.0. The number of piperidine rings is 1. The Balaban J connectivity index is 2.92. The largest absolute Gasteiger partial charge is 0.444 e. The molecule has 1 unspecified atom stereocenters. The van der Waals surface area contributed by atoms with Crippen LogP contribution in [0.4, 0.5) is 4.79 Å². The van der Waals surface area contributed by atoms with Gasteiger partial charge in [-0.2, -0.15) is 0 Å². The number of hydrogen-bond acceptors (Lipinski definition) is 4. The van der Waals surface area contributed by atoms with Crippen LogP contribution in [0.15, 0.2) is 0 Å². The zero-order valence-corrected chi connectivity index (χ0v) is 13.5. The molecule has 1 saturated heterocycles. The minimum absolute atomic E-state index is 0.249. The first-order valence-electron chi connectivity index (χ1n) is 6.36. The first-order valence-corrected chi connectivity index (χ1v) is 8.84. The Morgan fingerprint density at radius 2 is 1.95 bits per heavy atom. The lowest BCUT2D eigenvalue weighted by atomic mass is 9.91. The van der Waals surface area contributed by atoms with E-state index in [4.69, 9.17) is 15.4 Å². The first kappa shape index (κ1) is 16.6. The van der Waals surface area contributed by atoms with E-state index in [-0.39, 0.29) is 5.75 Å². The van der Waals surface area contributed by atoms with Crippen molar-refractivity contribution in [3.05, 3.63) is 0 Å². The number of carbonyl (C=O) groups excluding carboxylic acids is 1. The quantitative estimate of drug-likeness (QED) is 0.736. The second-order valence-corrected chi connectivity index (χ2v) is 9.05. The van der Waals surface area contributed by atoms with Gasteiger partial charge in [0.05, 0.1) is 11.3 Å². The number of rotatable bonds is 2. The molecule has 1 aliphatic rings. The van der Waals surface area contributed by atoms with Crippen LogP contribution < -0.4 is 0 Å². The molecular weight excluding hydrogens is 290 g/mol. The third-order valence-electron chi connectivity index (χ3n) is 3.10. The topological polar surface area (TPSA) is 63.7 Å². The molecule has 1 atom stereocenters. The monoisotopic (exact) mass is 311 g/mol. The number of hydrogen-bond donors (Lipinski definition) is 0. The number of carbonyl (C=O) groups is 1. The second kappa shape index (κ2) is 5.48. The molecule has 1 aliphatic heterocycles. The molecule has 0 aliphatic carbocycles. The summed E-state index contributed by atoms with van der Waals surface area (Å²) in [7, 11) is 1.68. The zero-order chi connectivity index (χ0) is 14.9. The Morgan fingerprint density at radius 1 is 1.37 bits per heavy atom. The van der Waals surface area contributed by atoms with E-state index in [1.54, 1.807) is 27.7 Å². The predicted octanol–water partition coefficient (Wildman–Crippen LogP) is 2.73. The number of ether oxygens (including phenoxy) is 1. The molecule has 1 heterocycles. The van der Waals surface area contributed by atoms with E-state index < -0.39 is 26.3 Å². The first-order chi connectivity index (χ1) is 8.43. The molecule has 0 saturated carbocycles. The Bertz CT molecular complexity index is 443. The fraction of sp³-hybridized carbons (Fsp3) is 0.917. The van der Waals surface area contributed by atoms with E-state index in [9.17, 15) is 13.2 Å². The van der Waals surface area contributed by atoms with Crippen LogP contribution in [0.5, 0.6) is 0 Å². The van der Waals surface area contributed by atoms with Gasteiger partial charge in [-0.1, -0.05) is 0 Å². The molecule has 0 aromatic heterocycles. The van der Waals surface area contributed by atoms with Gasteiger partial charge in [0.15, 0.2) is 0 Å². The maximum absolute atomic E-state index is 12.2. The van der Waals surface area contributed by atoms with Gasteiger partial charge in [0, 0.05) is 17.2 Å². The summed E-state index contributed by atoms with van der Waals surface area (Å²) in [6.07, 6.45) is 1.85. The molecule has 0 spiro atoms. The predicted molar refractivity (Wildman–Crippen MR) is 74.8 cm³/mol. The number of likely N-dealkylation sites (tertiary alicyclic amines) is 1. The van der Waals surface area contributed by atoms with Gasteiger partial charge in [0.2, 0.25) is 9.05 Å². The summed E-state index contributed by atoms with van der Waals surface area (Å²) >= 11 is 0. The second-order valence-electron chi connectivity index (χ2n) is 6.27. The molecule has 0 aromatic rings. The van der Waals surface area contributed by atoms with Crippen molar-refractivity contribution in [1.82, 2.24) is 4.90 Å². The van der Waals surface area contributed by atoms with Gasteiger partial charge < -0.3 is 9.64 Å². The van der Waals surface area contributed by atoms with Crippen LogP contribution in [-0.2, 0) is 13.8 Å². The lowest BCUT2D eigenvalue weighted by molar-refractivity contribution is -0.00554. The van der Waals surface area contributed by atoms with E-state index in [1.807, 2.05) is 0 Å². The van der Waals surface area contributed by atoms with Gasteiger partial charge in [-0.3, -0.25) is 0 Å². The third kappa shape index (κ3) is 5.18. The Labute approximate surface area is 119 Å². The Hall–Kier alpha value is -0.490. The highest BCUT2D eigenvalue weighted by atomic mass is 35.7. The van der Waals surface area contributed by atoms with Crippen LogP contribution in [0.2, 0.25) is 0 Å². The summed E-state index contributed by atoms with van der Waals surface area (Å²) in [6.45, 7) is 7.59. The normalized spacial score (nSPS) is 25.2. The summed E-state index contributed by atoms with van der Waals surface area (Å²) in [5.74, 6) is -0.249. The fourth-order valence-corrected chi connectivity index (χ4v) is 4.08. The summed E-state index contributed by atoms with van der Waals surface area (Å²) in [5, 5.41) is 0. The van der Waals surface area contributed by atoms with Crippen LogP contribution in [0.3, 0.4) is 0 Å². The highest BCUT2D eigenvalue weighted by molar-refractivity contribution is 8.13. The van der Waals surface area contributed by atoms with Gasteiger partial charge in [0.25, 0.3) is 0 Å². The van der Waals surface area contributed by atoms with Crippen LogP contribution in [0, 0.1) is 0 Å². The van der Waals surface area contributed by atoms with E-state index in [0.29, 0.717) is 13.0 Å². The van der Waals surface area contributed by atoms with E-state index in [1.165, 1.54) is 4.90 Å². The molecule has 5 nitrogen and oxygen atoms in total. The van der Waals surface area contributed by atoms with Gasteiger partial charge in [-0.25, -0.2) is 13.2 Å². The maximum Gasteiger partial charge on any atom is 0.410 e. The van der Waals surface area contributed by atoms with E-state index >= 15 is 0 Å². The van der Waals surface area contributed by atoms with Crippen molar-refractivity contribution in [3.63, 3.8) is 0 Å². The van der Waals surface area contributed by atoms with E-state index in [2.05, 4.69) is 0 Å². The molecule has 1 amide bonds. The van der Waals surface area contributed by atoms with Gasteiger partial charge in [0.1, 0.15) is 5.60 Å². The van der Waals surface area contributed by atoms with Gasteiger partial charge >= 0.3 is 6.09 Å². The van der Waals surface area contributed by atoms with Crippen LogP contribution >= 0.6 is 10.7 Å². The molecular formula is C12H22ClNO4S. The van der Waals surface area contributed by atoms with Crippen LogP contribution in [-0.4, -0.2) is 42.8 Å². The Kier molecular flexibility index (Phi) is 4.78. The SMILES string of the molecule is CC(C)(C)OC(=O)N1CCCCC1(C)CS(=O)(=O)Cl. The van der Waals surface area contributed by atoms with Crippen molar-refractivity contribution in [1.29, 1.82) is 0 Å². The Morgan fingerprint density at radius 3 is 2.42 bits per heavy atom. The van der Waals surface area contributed by atoms with Crippen molar-refractivity contribution in [2.45, 2.75) is 58.1 Å². The molecule has 19 heavy (non-hydrogen) atoms. The molecule has 1 rings (SSSR count). The number of nitrogens with zero attached hydrogens (tertiary/aromatic N) is 1. The average Bonchev–Trinajstić information content (AvgIpc) is 2.11. The lowest BCUT2D eigenvalue weighted by Crippen LogP contribution is -2.56. The summed E-state index contributed by atoms with van der Waals surface area (Å²) in [4.78, 5) is 13.7. The third-order valence-corrected chi connectivity index (χ3v) is 4.39. The zero-order valence-electron chi connectivity index (χ0n) is 11.9. The van der Waals surface area contributed by atoms with Crippen molar-refractivity contribution in [2.75, 3.05) is 12.3 Å². The molecule has 0 bridgehead atoms. The van der Waals surface area contributed by atoms with Crippen molar-refractivity contribution in [2.24, 2.45) is 0 Å². The molecule has 0 radical (unpaired) electrons. The highest BCUT2D eigenvalue weighted by Gasteiger charge is 2.42. The fourth-order valence-electron chi connectivity index (χ4n) is 2.33. The maximum atomic E-state index is 12.2. The summed E-state index contributed by atoms with van der Waals surface area (Å²) in [5.41, 5.74) is -1.39. The molecule has 112 valence electrons. The van der Waals surface area contributed by atoms with Crippen molar-refractivity contribution in [3.8, 4) is 0 Å². The minimum Gasteiger partial charge on any atom is -0.444 e. The van der Waals surface area contributed by atoms with Crippen molar-refractivity contribution >= 4 is 25.8 Å². The van der Waals surface area contributed by atoms with Crippen LogP contribution in [0.25, 0.3) is 0 Å². The minimum atomic E-state index is -3.67. The molecule has 1 fully saturated rings.